The van der Waals surface area contributed by atoms with Crippen LogP contribution >= 0.6 is 11.3 Å². The van der Waals surface area contributed by atoms with Crippen LogP contribution < -0.4 is 5.32 Å². The Morgan fingerprint density at radius 2 is 2.19 bits per heavy atom. The molecule has 0 fully saturated rings. The molecule has 1 aromatic heterocycles. The van der Waals surface area contributed by atoms with Crippen LogP contribution in [-0.4, -0.2) is 31.3 Å². The van der Waals surface area contributed by atoms with Gasteiger partial charge in [-0.25, -0.2) is 4.98 Å². The first kappa shape index (κ1) is 13.6. The predicted octanol–water partition coefficient (Wildman–Crippen LogP) is 2.48. The second kappa shape index (κ2) is 9.75. The highest BCUT2D eigenvalue weighted by atomic mass is 32.1. The summed E-state index contributed by atoms with van der Waals surface area (Å²) in [6, 6.07) is 0. The Hall–Kier alpha value is -0.450. The number of unbranched alkanes of at least 4 members (excludes halogenated alkanes) is 1. The first-order valence-electron chi connectivity index (χ1n) is 6.10. The third-order valence-electron chi connectivity index (χ3n) is 2.28. The van der Waals surface area contributed by atoms with Gasteiger partial charge in [0.05, 0.1) is 5.01 Å². The Morgan fingerprint density at radius 3 is 2.94 bits per heavy atom. The molecule has 1 aromatic rings. The van der Waals surface area contributed by atoms with Gasteiger partial charge in [0.1, 0.15) is 0 Å². The van der Waals surface area contributed by atoms with Crippen molar-refractivity contribution in [3.63, 3.8) is 0 Å². The summed E-state index contributed by atoms with van der Waals surface area (Å²) in [5.41, 5.74) is 0. The molecule has 0 saturated heterocycles. The lowest BCUT2D eigenvalue weighted by Gasteiger charge is -2.04. The van der Waals surface area contributed by atoms with Crippen molar-refractivity contribution in [3.8, 4) is 0 Å². The second-order valence-corrected chi connectivity index (χ2v) is 4.72. The molecule has 0 amide bonds. The van der Waals surface area contributed by atoms with Crippen molar-refractivity contribution < 1.29 is 4.74 Å². The van der Waals surface area contributed by atoms with Gasteiger partial charge in [0.25, 0.3) is 0 Å². The van der Waals surface area contributed by atoms with Crippen LogP contribution in [0.25, 0.3) is 0 Å². The first-order valence-corrected chi connectivity index (χ1v) is 6.98. The minimum Gasteiger partial charge on any atom is -0.381 e. The van der Waals surface area contributed by atoms with Crippen LogP contribution in [0.3, 0.4) is 0 Å². The van der Waals surface area contributed by atoms with E-state index in [1.165, 1.54) is 17.8 Å². The van der Waals surface area contributed by atoms with E-state index in [1.54, 1.807) is 11.3 Å². The summed E-state index contributed by atoms with van der Waals surface area (Å²) in [7, 11) is 0. The van der Waals surface area contributed by atoms with E-state index in [0.29, 0.717) is 0 Å². The first-order chi connectivity index (χ1) is 7.93. The van der Waals surface area contributed by atoms with Crippen LogP contribution in [0.1, 0.15) is 31.2 Å². The fourth-order valence-electron chi connectivity index (χ4n) is 1.34. The predicted molar refractivity (Wildman–Crippen MR) is 69.0 cm³/mol. The summed E-state index contributed by atoms with van der Waals surface area (Å²) >= 11 is 1.72. The van der Waals surface area contributed by atoms with Crippen molar-refractivity contribution in [2.24, 2.45) is 0 Å². The molecule has 92 valence electrons. The highest BCUT2D eigenvalue weighted by Gasteiger charge is 1.94. The summed E-state index contributed by atoms with van der Waals surface area (Å²) in [5.74, 6) is 0. The molecule has 4 heteroatoms. The van der Waals surface area contributed by atoms with Gasteiger partial charge in [-0.2, -0.15) is 0 Å². The number of hydrogen-bond donors (Lipinski definition) is 1. The van der Waals surface area contributed by atoms with Gasteiger partial charge in [-0.15, -0.1) is 11.3 Å². The van der Waals surface area contributed by atoms with Crippen LogP contribution in [0.4, 0.5) is 0 Å². The zero-order valence-corrected chi connectivity index (χ0v) is 10.9. The van der Waals surface area contributed by atoms with Crippen LogP contribution in [0.2, 0.25) is 0 Å². The summed E-state index contributed by atoms with van der Waals surface area (Å²) in [6.45, 7) is 6.03. The number of nitrogens with one attached hydrogen (secondary N) is 1. The fraction of sp³-hybridized carbons (Fsp3) is 0.750. The molecule has 0 atom stereocenters. The molecular weight excluding hydrogens is 220 g/mol. The van der Waals surface area contributed by atoms with Crippen molar-refractivity contribution in [2.75, 3.05) is 26.3 Å². The van der Waals surface area contributed by atoms with Crippen molar-refractivity contribution >= 4 is 11.3 Å². The summed E-state index contributed by atoms with van der Waals surface area (Å²) in [5, 5.41) is 6.64. The molecule has 0 radical (unpaired) electrons. The van der Waals surface area contributed by atoms with Crippen molar-refractivity contribution in [1.29, 1.82) is 0 Å². The molecule has 3 nitrogen and oxygen atoms in total. The van der Waals surface area contributed by atoms with Gasteiger partial charge >= 0.3 is 0 Å². The van der Waals surface area contributed by atoms with Gasteiger partial charge < -0.3 is 10.1 Å². The van der Waals surface area contributed by atoms with E-state index in [4.69, 9.17) is 4.74 Å². The Morgan fingerprint density at radius 1 is 1.31 bits per heavy atom. The summed E-state index contributed by atoms with van der Waals surface area (Å²) < 4.78 is 5.48. The van der Waals surface area contributed by atoms with Crippen LogP contribution in [0.15, 0.2) is 11.6 Å². The van der Waals surface area contributed by atoms with Crippen LogP contribution in [-0.2, 0) is 11.2 Å². The van der Waals surface area contributed by atoms with E-state index in [0.717, 1.165) is 39.1 Å². The van der Waals surface area contributed by atoms with E-state index in [1.807, 2.05) is 11.6 Å². The SMILES string of the molecule is CCCCOCCCNCCc1nccs1. The van der Waals surface area contributed by atoms with Crippen molar-refractivity contribution in [2.45, 2.75) is 32.6 Å². The number of aromatic nitrogens is 1. The van der Waals surface area contributed by atoms with Gasteiger partial charge in [0.15, 0.2) is 0 Å². The Kier molecular flexibility index (Phi) is 8.30. The Balaban J connectivity index is 1.78. The normalized spacial score (nSPS) is 10.8. The zero-order valence-electron chi connectivity index (χ0n) is 10.1. The third-order valence-corrected chi connectivity index (χ3v) is 3.12. The molecule has 0 aliphatic rings. The maximum Gasteiger partial charge on any atom is 0.0937 e. The number of nitrogens with zero attached hydrogens (tertiary/aromatic N) is 1. The molecule has 0 spiro atoms. The molecule has 1 rings (SSSR count). The van der Waals surface area contributed by atoms with Gasteiger partial charge in [0, 0.05) is 37.8 Å². The minimum atomic E-state index is 0.879. The summed E-state index contributed by atoms with van der Waals surface area (Å²) in [6.07, 6.45) is 6.39. The quantitative estimate of drug-likeness (QED) is 0.640. The molecule has 1 N–H and O–H groups in total. The molecule has 0 unspecified atom stereocenters. The number of rotatable bonds is 10. The Bertz CT molecular complexity index is 239. The smallest absolute Gasteiger partial charge is 0.0937 e. The number of hydrogen-bond acceptors (Lipinski definition) is 4. The zero-order chi connectivity index (χ0) is 11.5. The summed E-state index contributed by atoms with van der Waals surface area (Å²) in [4.78, 5) is 4.24. The van der Waals surface area contributed by atoms with Gasteiger partial charge in [-0.1, -0.05) is 13.3 Å². The molecule has 0 aromatic carbocycles. The molecule has 1 heterocycles. The molecule has 0 saturated carbocycles. The van der Waals surface area contributed by atoms with Crippen molar-refractivity contribution in [1.82, 2.24) is 10.3 Å². The minimum absolute atomic E-state index is 0.879. The largest absolute Gasteiger partial charge is 0.381 e. The third kappa shape index (κ3) is 6.93. The molecular formula is C12H22N2OS. The molecule has 16 heavy (non-hydrogen) atoms. The van der Waals surface area contributed by atoms with Crippen LogP contribution in [0, 0.1) is 0 Å². The fourth-order valence-corrected chi connectivity index (χ4v) is 1.96. The second-order valence-electron chi connectivity index (χ2n) is 3.75. The Labute approximate surface area is 102 Å². The monoisotopic (exact) mass is 242 g/mol. The lowest BCUT2D eigenvalue weighted by atomic mass is 10.3. The van der Waals surface area contributed by atoms with Gasteiger partial charge in [-0.05, 0) is 19.4 Å². The maximum atomic E-state index is 5.48. The average Bonchev–Trinajstić information content (AvgIpc) is 2.80. The highest BCUT2D eigenvalue weighted by Crippen LogP contribution is 2.03. The number of ether oxygens (including phenoxy) is 1. The highest BCUT2D eigenvalue weighted by molar-refractivity contribution is 7.09. The van der Waals surface area contributed by atoms with Gasteiger partial charge in [0.2, 0.25) is 0 Å². The molecule has 0 bridgehead atoms. The lowest BCUT2D eigenvalue weighted by molar-refractivity contribution is 0.129. The van der Waals surface area contributed by atoms with E-state index >= 15 is 0 Å². The average molecular weight is 242 g/mol. The standard InChI is InChI=1S/C12H22N2OS/c1-2-3-9-15-10-4-6-13-7-5-12-14-8-11-16-12/h8,11,13H,2-7,9-10H2,1H3. The van der Waals surface area contributed by atoms with E-state index in [-0.39, 0.29) is 0 Å². The van der Waals surface area contributed by atoms with Crippen LogP contribution in [0.5, 0.6) is 0 Å². The number of thiazole rings is 1. The van der Waals surface area contributed by atoms with E-state index in [2.05, 4.69) is 17.2 Å². The van der Waals surface area contributed by atoms with E-state index < -0.39 is 0 Å². The lowest BCUT2D eigenvalue weighted by Crippen LogP contribution is -2.19. The molecule has 0 aliphatic heterocycles. The maximum absolute atomic E-state index is 5.48. The molecule has 0 aliphatic carbocycles. The van der Waals surface area contributed by atoms with Crippen molar-refractivity contribution in [3.05, 3.63) is 16.6 Å². The topological polar surface area (TPSA) is 34.1 Å². The van der Waals surface area contributed by atoms with Gasteiger partial charge in [-0.3, -0.25) is 0 Å². The van der Waals surface area contributed by atoms with E-state index in [9.17, 15) is 0 Å².